The number of hydrazone groups is 1. The predicted octanol–water partition coefficient (Wildman–Crippen LogP) is 5.44. The summed E-state index contributed by atoms with van der Waals surface area (Å²) in [6.45, 7) is 6.95. The van der Waals surface area contributed by atoms with Gasteiger partial charge in [0.25, 0.3) is 0 Å². The number of aryl methyl sites for hydroxylation is 1. The van der Waals surface area contributed by atoms with Crippen LogP contribution in [0, 0.1) is 12.8 Å². The summed E-state index contributed by atoms with van der Waals surface area (Å²) in [4.78, 5) is 0. The van der Waals surface area contributed by atoms with E-state index >= 15 is 0 Å². The minimum Gasteiger partial charge on any atom is -0.490 e. The Labute approximate surface area is 166 Å². The lowest BCUT2D eigenvalue weighted by atomic mass is 9.82. The number of hydrogen-bond acceptors (Lipinski definition) is 5. The Morgan fingerprint density at radius 2 is 2.04 bits per heavy atom. The van der Waals surface area contributed by atoms with E-state index in [0.717, 1.165) is 72.3 Å². The third kappa shape index (κ3) is 2.71. The zero-order chi connectivity index (χ0) is 19.3. The molecule has 0 radical (unpaired) electrons. The highest BCUT2D eigenvalue weighted by Crippen LogP contribution is 2.54. The van der Waals surface area contributed by atoms with Crippen molar-refractivity contribution in [3.05, 3.63) is 47.4 Å². The first-order chi connectivity index (χ1) is 13.6. The fourth-order valence-corrected chi connectivity index (χ4v) is 4.82. The van der Waals surface area contributed by atoms with Crippen molar-refractivity contribution in [2.45, 2.75) is 64.6 Å². The van der Waals surface area contributed by atoms with Gasteiger partial charge in [-0.25, -0.2) is 5.01 Å². The van der Waals surface area contributed by atoms with Crippen molar-refractivity contribution in [1.82, 2.24) is 5.01 Å². The number of hydrogen-bond donors (Lipinski definition) is 0. The second-order valence-electron chi connectivity index (χ2n) is 8.36. The van der Waals surface area contributed by atoms with Crippen molar-refractivity contribution in [2.75, 3.05) is 6.61 Å². The van der Waals surface area contributed by atoms with Crippen molar-refractivity contribution in [3.8, 4) is 11.5 Å². The van der Waals surface area contributed by atoms with E-state index in [1.807, 2.05) is 32.0 Å². The molecular formula is C23H28N2O3. The highest BCUT2D eigenvalue weighted by molar-refractivity contribution is 5.99. The molecule has 0 amide bonds. The van der Waals surface area contributed by atoms with Gasteiger partial charge in [-0.15, -0.1) is 0 Å². The Hall–Kier alpha value is -2.43. The molecule has 2 aromatic rings. The van der Waals surface area contributed by atoms with Gasteiger partial charge < -0.3 is 13.9 Å². The molecule has 0 saturated heterocycles. The number of fused-ring (bicyclic) bond motifs is 4. The molecule has 28 heavy (non-hydrogen) atoms. The maximum Gasteiger partial charge on any atom is 0.198 e. The Morgan fingerprint density at radius 1 is 1.21 bits per heavy atom. The van der Waals surface area contributed by atoms with E-state index in [9.17, 15) is 0 Å². The molecule has 3 aliphatic rings. The fourth-order valence-electron chi connectivity index (χ4n) is 4.82. The van der Waals surface area contributed by atoms with Crippen molar-refractivity contribution in [1.29, 1.82) is 0 Å². The van der Waals surface area contributed by atoms with Crippen LogP contribution in [-0.4, -0.2) is 23.1 Å². The molecule has 5 heteroatoms. The summed E-state index contributed by atoms with van der Waals surface area (Å²) in [6.07, 6.45) is 5.10. The van der Waals surface area contributed by atoms with E-state index in [2.05, 4.69) is 24.1 Å². The Kier molecular flexibility index (Phi) is 4.14. The second kappa shape index (κ2) is 6.57. The van der Waals surface area contributed by atoms with Crippen LogP contribution < -0.4 is 9.47 Å². The van der Waals surface area contributed by atoms with Crippen molar-refractivity contribution in [2.24, 2.45) is 11.0 Å². The van der Waals surface area contributed by atoms with Crippen LogP contribution in [0.3, 0.4) is 0 Å². The number of benzene rings is 1. The number of nitrogens with zero attached hydrogens (tertiary/aromatic N) is 2. The summed E-state index contributed by atoms with van der Waals surface area (Å²) in [7, 11) is 0. The fraction of sp³-hybridized carbons (Fsp3) is 0.522. The summed E-state index contributed by atoms with van der Waals surface area (Å²) < 4.78 is 18.6. The average molecular weight is 380 g/mol. The minimum atomic E-state index is -0.388. The van der Waals surface area contributed by atoms with Crippen LogP contribution in [0.4, 0.5) is 0 Å². The Balaban J connectivity index is 1.59. The molecule has 148 valence electrons. The topological polar surface area (TPSA) is 47.2 Å². The molecular weight excluding hydrogens is 352 g/mol. The molecule has 0 N–H and O–H groups in total. The van der Waals surface area contributed by atoms with Gasteiger partial charge >= 0.3 is 0 Å². The van der Waals surface area contributed by atoms with Gasteiger partial charge in [0.15, 0.2) is 17.2 Å². The standard InChI is InChI=1S/C23H28N2O3/c1-4-26-21-7-5-6-17-19-14-18(20-9-8-16(3)27-20)24-25(19)23(28-22(17)21)12-10-15(2)11-13-23/h5-9,15,19H,4,10-14H2,1-3H3/t15?,19-,23?/m0/s1. The number of furan rings is 1. The van der Waals surface area contributed by atoms with E-state index in [-0.39, 0.29) is 11.8 Å². The lowest BCUT2D eigenvalue weighted by Gasteiger charge is -2.50. The lowest BCUT2D eigenvalue weighted by Crippen LogP contribution is -2.55. The molecule has 1 aromatic heterocycles. The van der Waals surface area contributed by atoms with E-state index in [1.54, 1.807) is 0 Å². The maximum absolute atomic E-state index is 6.76. The molecule has 1 aliphatic carbocycles. The molecule has 3 heterocycles. The summed E-state index contributed by atoms with van der Waals surface area (Å²) in [5.41, 5.74) is 1.78. The quantitative estimate of drug-likeness (QED) is 0.712. The molecule has 2 aliphatic heterocycles. The molecule has 0 unspecified atom stereocenters. The van der Waals surface area contributed by atoms with Gasteiger partial charge in [-0.05, 0) is 50.8 Å². The van der Waals surface area contributed by atoms with Gasteiger partial charge in [0.2, 0.25) is 0 Å². The molecule has 5 nitrogen and oxygen atoms in total. The normalized spacial score (nSPS) is 28.5. The van der Waals surface area contributed by atoms with Crippen LogP contribution in [0.15, 0.2) is 39.9 Å². The van der Waals surface area contributed by atoms with Gasteiger partial charge in [-0.2, -0.15) is 5.10 Å². The third-order valence-corrected chi connectivity index (χ3v) is 6.37. The number of rotatable bonds is 3. The van der Waals surface area contributed by atoms with E-state index in [0.29, 0.717) is 6.61 Å². The summed E-state index contributed by atoms with van der Waals surface area (Å²) in [5, 5.41) is 7.30. The van der Waals surface area contributed by atoms with Crippen LogP contribution in [-0.2, 0) is 0 Å². The lowest BCUT2D eigenvalue weighted by molar-refractivity contribution is -0.146. The summed E-state index contributed by atoms with van der Waals surface area (Å²) >= 11 is 0. The van der Waals surface area contributed by atoms with Crippen LogP contribution in [0.1, 0.15) is 69.1 Å². The van der Waals surface area contributed by atoms with E-state index < -0.39 is 0 Å². The Morgan fingerprint density at radius 3 is 2.75 bits per heavy atom. The SMILES string of the molecule is CCOc1cccc2c1OC1(CCC(C)CC1)N1N=C(c3ccc(C)o3)C[C@@H]21. The first-order valence-corrected chi connectivity index (χ1v) is 10.5. The molecule has 1 fully saturated rings. The molecule has 5 rings (SSSR count). The predicted molar refractivity (Wildman–Crippen MR) is 108 cm³/mol. The van der Waals surface area contributed by atoms with Crippen LogP contribution in [0.2, 0.25) is 0 Å². The van der Waals surface area contributed by atoms with Crippen molar-refractivity contribution in [3.63, 3.8) is 0 Å². The van der Waals surface area contributed by atoms with Gasteiger partial charge in [-0.1, -0.05) is 19.1 Å². The van der Waals surface area contributed by atoms with Crippen molar-refractivity contribution >= 4 is 5.71 Å². The molecule has 1 aromatic carbocycles. The minimum absolute atomic E-state index is 0.165. The van der Waals surface area contributed by atoms with Gasteiger partial charge in [-0.3, -0.25) is 0 Å². The van der Waals surface area contributed by atoms with E-state index in [4.69, 9.17) is 19.0 Å². The molecule has 1 saturated carbocycles. The van der Waals surface area contributed by atoms with Crippen LogP contribution in [0.25, 0.3) is 0 Å². The highest BCUT2D eigenvalue weighted by Gasteiger charge is 2.52. The second-order valence-corrected chi connectivity index (χ2v) is 8.36. The number of para-hydroxylation sites is 1. The van der Waals surface area contributed by atoms with E-state index in [1.165, 1.54) is 0 Å². The molecule has 0 bridgehead atoms. The van der Waals surface area contributed by atoms with Gasteiger partial charge in [0.1, 0.15) is 17.2 Å². The van der Waals surface area contributed by atoms with Gasteiger partial charge in [0.05, 0.1) is 12.6 Å². The average Bonchev–Trinajstić information content (AvgIpc) is 3.32. The molecule has 1 atom stereocenters. The van der Waals surface area contributed by atoms with Crippen LogP contribution in [0.5, 0.6) is 11.5 Å². The smallest absolute Gasteiger partial charge is 0.198 e. The maximum atomic E-state index is 6.76. The zero-order valence-electron chi connectivity index (χ0n) is 16.9. The van der Waals surface area contributed by atoms with Crippen LogP contribution >= 0.6 is 0 Å². The van der Waals surface area contributed by atoms with Crippen molar-refractivity contribution < 1.29 is 13.9 Å². The largest absolute Gasteiger partial charge is 0.490 e. The van der Waals surface area contributed by atoms with Gasteiger partial charge in [0, 0.05) is 24.8 Å². The summed E-state index contributed by atoms with van der Waals surface area (Å²) in [5.74, 6) is 4.27. The Bertz CT molecular complexity index is 908. The zero-order valence-corrected chi connectivity index (χ0v) is 16.9. The first kappa shape index (κ1) is 17.7. The molecule has 1 spiro atoms. The summed E-state index contributed by atoms with van der Waals surface area (Å²) in [6, 6.07) is 10.4. The third-order valence-electron chi connectivity index (χ3n) is 6.37. The number of ether oxygens (including phenoxy) is 2. The highest BCUT2D eigenvalue weighted by atomic mass is 16.6. The first-order valence-electron chi connectivity index (χ1n) is 10.5. The monoisotopic (exact) mass is 380 g/mol.